The van der Waals surface area contributed by atoms with E-state index in [0.29, 0.717) is 0 Å². The van der Waals surface area contributed by atoms with Crippen LogP contribution >= 0.6 is 0 Å². The van der Waals surface area contributed by atoms with Crippen molar-refractivity contribution in [1.29, 1.82) is 0 Å². The molecule has 0 bridgehead atoms. The normalized spacial score (nSPS) is 10.7. The van der Waals surface area contributed by atoms with Crippen LogP contribution in [0.3, 0.4) is 0 Å². The number of benzene rings is 2. The molecule has 0 N–H and O–H groups in total. The van der Waals surface area contributed by atoms with E-state index in [-0.39, 0.29) is 0 Å². The van der Waals surface area contributed by atoms with Gasteiger partial charge in [-0.1, -0.05) is 54.6 Å². The van der Waals surface area contributed by atoms with E-state index in [1.54, 1.807) is 6.26 Å². The van der Waals surface area contributed by atoms with Gasteiger partial charge in [-0.25, -0.2) is 0 Å². The van der Waals surface area contributed by atoms with Crippen LogP contribution in [0.5, 0.6) is 0 Å². The van der Waals surface area contributed by atoms with Crippen LogP contribution in [0.2, 0.25) is 0 Å². The summed E-state index contributed by atoms with van der Waals surface area (Å²) in [7, 11) is 0. The highest BCUT2D eigenvalue weighted by Gasteiger charge is 2.07. The van der Waals surface area contributed by atoms with Gasteiger partial charge in [0.05, 0.1) is 6.26 Å². The summed E-state index contributed by atoms with van der Waals surface area (Å²) in [4.78, 5) is 0. The lowest BCUT2D eigenvalue weighted by molar-refractivity contribution is 0.582. The van der Waals surface area contributed by atoms with Crippen molar-refractivity contribution in [2.45, 2.75) is 0 Å². The van der Waals surface area contributed by atoms with E-state index in [2.05, 4.69) is 0 Å². The summed E-state index contributed by atoms with van der Waals surface area (Å²) >= 11 is 0. The summed E-state index contributed by atoms with van der Waals surface area (Å²) in [5.74, 6) is 2.62. The van der Waals surface area contributed by atoms with Crippen molar-refractivity contribution in [1.82, 2.24) is 0 Å². The highest BCUT2D eigenvalue weighted by molar-refractivity contribution is 5.68. The Morgan fingerprint density at radius 1 is 0.455 bits per heavy atom. The maximum Gasteiger partial charge on any atom is 0.134 e. The Labute approximate surface area is 128 Å². The quantitative estimate of drug-likeness (QED) is 0.470. The van der Waals surface area contributed by atoms with E-state index in [4.69, 9.17) is 8.83 Å². The minimum atomic E-state index is 0.866. The van der Waals surface area contributed by atoms with Crippen molar-refractivity contribution in [3.05, 3.63) is 85.1 Å². The Balaban J connectivity index is 1.64. The largest absolute Gasteiger partial charge is 0.464 e. The van der Waals surface area contributed by atoms with Crippen LogP contribution in [0.1, 0.15) is 0 Å². The highest BCUT2D eigenvalue weighted by atomic mass is 16.3. The second-order valence-electron chi connectivity index (χ2n) is 5.08. The second kappa shape index (κ2) is 5.41. The fraction of sp³-hybridized carbons (Fsp3) is 0. The van der Waals surface area contributed by atoms with E-state index < -0.39 is 0 Å². The average molecular weight is 286 g/mol. The third-order valence-corrected chi connectivity index (χ3v) is 3.64. The lowest BCUT2D eigenvalue weighted by atomic mass is 10.1. The smallest absolute Gasteiger partial charge is 0.134 e. The maximum absolute atomic E-state index is 5.96. The van der Waals surface area contributed by atoms with Crippen LogP contribution in [0.15, 0.2) is 94.0 Å². The zero-order valence-electron chi connectivity index (χ0n) is 11.9. The molecule has 2 aromatic heterocycles. The molecule has 2 nitrogen and oxygen atoms in total. The van der Waals surface area contributed by atoms with Gasteiger partial charge in [-0.2, -0.15) is 0 Å². The molecule has 4 aromatic rings. The molecule has 0 unspecified atom stereocenters. The first-order chi connectivity index (χ1) is 10.9. The third kappa shape index (κ3) is 2.35. The minimum absolute atomic E-state index is 0.866. The molecule has 106 valence electrons. The second-order valence-corrected chi connectivity index (χ2v) is 5.08. The van der Waals surface area contributed by atoms with Gasteiger partial charge in [0.2, 0.25) is 0 Å². The SMILES string of the molecule is c1ccc(-c2ccc(-c3ccc(-c4ccco4)cc3)o2)cc1. The van der Waals surface area contributed by atoms with Gasteiger partial charge >= 0.3 is 0 Å². The molecule has 0 atom stereocenters. The van der Waals surface area contributed by atoms with Gasteiger partial charge < -0.3 is 8.83 Å². The van der Waals surface area contributed by atoms with Gasteiger partial charge in [0.1, 0.15) is 17.3 Å². The molecule has 0 spiro atoms. The van der Waals surface area contributed by atoms with Crippen molar-refractivity contribution in [3.8, 4) is 34.0 Å². The Morgan fingerprint density at radius 2 is 1.05 bits per heavy atom. The van der Waals surface area contributed by atoms with E-state index in [1.807, 2.05) is 78.9 Å². The van der Waals surface area contributed by atoms with Crippen LogP contribution in [0.4, 0.5) is 0 Å². The molecule has 0 amide bonds. The van der Waals surface area contributed by atoms with Gasteiger partial charge in [0, 0.05) is 16.7 Å². The number of hydrogen-bond acceptors (Lipinski definition) is 2. The van der Waals surface area contributed by atoms with Crippen molar-refractivity contribution in [2.75, 3.05) is 0 Å². The third-order valence-electron chi connectivity index (χ3n) is 3.64. The molecular weight excluding hydrogens is 272 g/mol. The highest BCUT2D eigenvalue weighted by Crippen LogP contribution is 2.30. The van der Waals surface area contributed by atoms with Gasteiger partial charge in [0.15, 0.2) is 0 Å². The monoisotopic (exact) mass is 286 g/mol. The molecule has 0 fully saturated rings. The molecule has 2 heteroatoms. The van der Waals surface area contributed by atoms with Gasteiger partial charge in [-0.3, -0.25) is 0 Å². The summed E-state index contributed by atoms with van der Waals surface area (Å²) in [6.45, 7) is 0. The first-order valence-corrected chi connectivity index (χ1v) is 7.20. The Morgan fingerprint density at radius 3 is 1.64 bits per heavy atom. The summed E-state index contributed by atoms with van der Waals surface area (Å²) in [6, 6.07) is 26.1. The van der Waals surface area contributed by atoms with Crippen molar-refractivity contribution in [2.24, 2.45) is 0 Å². The van der Waals surface area contributed by atoms with E-state index in [1.165, 1.54) is 0 Å². The maximum atomic E-state index is 5.96. The molecule has 2 heterocycles. The summed E-state index contributed by atoms with van der Waals surface area (Å²) in [6.07, 6.45) is 1.68. The molecule has 0 radical (unpaired) electrons. The zero-order chi connectivity index (χ0) is 14.8. The zero-order valence-corrected chi connectivity index (χ0v) is 11.9. The van der Waals surface area contributed by atoms with E-state index in [0.717, 1.165) is 34.0 Å². The van der Waals surface area contributed by atoms with Crippen molar-refractivity contribution < 1.29 is 8.83 Å². The molecule has 4 rings (SSSR count). The lowest BCUT2D eigenvalue weighted by Crippen LogP contribution is -1.76. The van der Waals surface area contributed by atoms with Gasteiger partial charge in [0.25, 0.3) is 0 Å². The average Bonchev–Trinajstić information content (AvgIpc) is 3.28. The Kier molecular flexibility index (Phi) is 3.13. The summed E-state index contributed by atoms with van der Waals surface area (Å²) < 4.78 is 11.4. The van der Waals surface area contributed by atoms with Crippen molar-refractivity contribution >= 4 is 0 Å². The molecular formula is C20H14O2. The van der Waals surface area contributed by atoms with Crippen LogP contribution < -0.4 is 0 Å². The van der Waals surface area contributed by atoms with Crippen LogP contribution in [0.25, 0.3) is 34.0 Å². The lowest BCUT2D eigenvalue weighted by Gasteiger charge is -2.00. The fourth-order valence-corrected chi connectivity index (χ4v) is 2.49. The number of hydrogen-bond donors (Lipinski definition) is 0. The van der Waals surface area contributed by atoms with Gasteiger partial charge in [-0.05, 0) is 24.3 Å². The number of rotatable bonds is 3. The van der Waals surface area contributed by atoms with Crippen LogP contribution in [-0.4, -0.2) is 0 Å². The molecule has 0 aliphatic carbocycles. The van der Waals surface area contributed by atoms with Crippen LogP contribution in [0, 0.1) is 0 Å². The Hall–Kier alpha value is -3.00. The number of furan rings is 2. The molecule has 22 heavy (non-hydrogen) atoms. The fourth-order valence-electron chi connectivity index (χ4n) is 2.49. The molecule has 0 aliphatic heterocycles. The van der Waals surface area contributed by atoms with Crippen LogP contribution in [-0.2, 0) is 0 Å². The first kappa shape index (κ1) is 12.7. The van der Waals surface area contributed by atoms with Gasteiger partial charge in [-0.15, -0.1) is 0 Å². The minimum Gasteiger partial charge on any atom is -0.464 e. The van der Waals surface area contributed by atoms with E-state index in [9.17, 15) is 0 Å². The topological polar surface area (TPSA) is 26.3 Å². The molecule has 2 aromatic carbocycles. The summed E-state index contributed by atoms with van der Waals surface area (Å²) in [5, 5.41) is 0. The van der Waals surface area contributed by atoms with Crippen molar-refractivity contribution in [3.63, 3.8) is 0 Å². The summed E-state index contributed by atoms with van der Waals surface area (Å²) in [5.41, 5.74) is 3.20. The molecule has 0 saturated heterocycles. The molecule has 0 saturated carbocycles. The molecule has 0 aliphatic rings. The Bertz CT molecular complexity index is 854. The first-order valence-electron chi connectivity index (χ1n) is 7.20. The predicted octanol–water partition coefficient (Wildman–Crippen LogP) is 5.87. The predicted molar refractivity (Wildman–Crippen MR) is 87.3 cm³/mol. The van der Waals surface area contributed by atoms with E-state index >= 15 is 0 Å². The standard InChI is InChI=1S/C20H14O2/c1-2-5-15(6-3-1)19-12-13-20(22-19)17-10-8-16(9-11-17)18-7-4-14-21-18/h1-14H.